The van der Waals surface area contributed by atoms with Gasteiger partial charge in [-0.2, -0.15) is 0 Å². The lowest BCUT2D eigenvalue weighted by Gasteiger charge is -2.20. The highest BCUT2D eigenvalue weighted by molar-refractivity contribution is 5.56. The van der Waals surface area contributed by atoms with Crippen LogP contribution in [0.2, 0.25) is 0 Å². The maximum Gasteiger partial charge on any atom is 0.210 e. The van der Waals surface area contributed by atoms with Gasteiger partial charge in [0.1, 0.15) is 5.82 Å². The van der Waals surface area contributed by atoms with Crippen molar-refractivity contribution >= 4 is 17.9 Å². The molecule has 2 aromatic rings. The highest BCUT2D eigenvalue weighted by Gasteiger charge is 2.24. The second-order valence-corrected chi connectivity index (χ2v) is 4.97. The Kier molecular flexibility index (Phi) is 3.63. The molecule has 1 aromatic heterocycles. The number of carbonyl (C=O) groups is 1. The van der Waals surface area contributed by atoms with Crippen LogP contribution < -0.4 is 5.32 Å². The Balaban J connectivity index is 1.73. The van der Waals surface area contributed by atoms with Crippen molar-refractivity contribution in [3.8, 4) is 0 Å². The van der Waals surface area contributed by atoms with Crippen LogP contribution in [0.15, 0.2) is 48.7 Å². The molecular weight excluding hydrogens is 250 g/mol. The SMILES string of the molecule is O=CN1CCCC1c1ccc(Nc2ccccc2)nc1. The van der Waals surface area contributed by atoms with E-state index in [1.807, 2.05) is 53.6 Å². The summed E-state index contributed by atoms with van der Waals surface area (Å²) in [7, 11) is 0. The highest BCUT2D eigenvalue weighted by atomic mass is 16.1. The summed E-state index contributed by atoms with van der Waals surface area (Å²) in [5.74, 6) is 0.815. The monoisotopic (exact) mass is 267 g/mol. The van der Waals surface area contributed by atoms with Gasteiger partial charge in [0.15, 0.2) is 0 Å². The summed E-state index contributed by atoms with van der Waals surface area (Å²) in [5, 5.41) is 3.25. The zero-order valence-corrected chi connectivity index (χ0v) is 11.2. The average molecular weight is 267 g/mol. The van der Waals surface area contributed by atoms with Crippen molar-refractivity contribution in [3.63, 3.8) is 0 Å². The first-order valence-corrected chi connectivity index (χ1v) is 6.86. The molecule has 1 aromatic carbocycles. The van der Waals surface area contributed by atoms with Gasteiger partial charge in [-0.25, -0.2) is 4.98 Å². The molecule has 0 spiro atoms. The van der Waals surface area contributed by atoms with E-state index in [-0.39, 0.29) is 6.04 Å². The minimum Gasteiger partial charge on any atom is -0.340 e. The number of nitrogens with one attached hydrogen (secondary N) is 1. The number of amides is 1. The molecule has 1 fully saturated rings. The van der Waals surface area contributed by atoms with E-state index >= 15 is 0 Å². The molecule has 1 atom stereocenters. The van der Waals surface area contributed by atoms with E-state index in [0.29, 0.717) is 0 Å². The number of hydrogen-bond acceptors (Lipinski definition) is 3. The molecule has 4 nitrogen and oxygen atoms in total. The van der Waals surface area contributed by atoms with E-state index in [1.54, 1.807) is 0 Å². The van der Waals surface area contributed by atoms with Crippen LogP contribution in [0.1, 0.15) is 24.4 Å². The van der Waals surface area contributed by atoms with Crippen LogP contribution in [0.4, 0.5) is 11.5 Å². The summed E-state index contributed by atoms with van der Waals surface area (Å²) in [6.07, 6.45) is 4.88. The second-order valence-electron chi connectivity index (χ2n) is 4.97. The lowest BCUT2D eigenvalue weighted by molar-refractivity contribution is -0.118. The van der Waals surface area contributed by atoms with Crippen molar-refractivity contribution in [3.05, 3.63) is 54.2 Å². The maximum absolute atomic E-state index is 11.0. The third-order valence-electron chi connectivity index (χ3n) is 3.65. The van der Waals surface area contributed by atoms with Gasteiger partial charge in [-0.15, -0.1) is 0 Å². The van der Waals surface area contributed by atoms with Crippen molar-refractivity contribution in [1.29, 1.82) is 0 Å². The number of benzene rings is 1. The number of hydrogen-bond donors (Lipinski definition) is 1. The fourth-order valence-electron chi connectivity index (χ4n) is 2.62. The summed E-state index contributed by atoms with van der Waals surface area (Å²) in [4.78, 5) is 17.3. The van der Waals surface area contributed by atoms with E-state index < -0.39 is 0 Å². The maximum atomic E-state index is 11.0. The van der Waals surface area contributed by atoms with Crippen LogP contribution in [0.3, 0.4) is 0 Å². The van der Waals surface area contributed by atoms with Gasteiger partial charge in [-0.3, -0.25) is 4.79 Å². The molecule has 102 valence electrons. The van der Waals surface area contributed by atoms with Crippen molar-refractivity contribution in [2.75, 3.05) is 11.9 Å². The number of para-hydroxylation sites is 1. The van der Waals surface area contributed by atoms with Gasteiger partial charge in [0.05, 0.1) is 6.04 Å². The summed E-state index contributed by atoms with van der Waals surface area (Å²) in [6.45, 7) is 0.845. The summed E-state index contributed by atoms with van der Waals surface area (Å²) >= 11 is 0. The van der Waals surface area contributed by atoms with E-state index in [2.05, 4.69) is 10.3 Å². The molecule has 1 saturated heterocycles. The van der Waals surface area contributed by atoms with E-state index in [1.165, 1.54) is 0 Å². The number of likely N-dealkylation sites (tertiary alicyclic amines) is 1. The summed E-state index contributed by atoms with van der Waals surface area (Å²) in [5.41, 5.74) is 2.12. The van der Waals surface area contributed by atoms with E-state index in [0.717, 1.165) is 42.9 Å². The zero-order valence-electron chi connectivity index (χ0n) is 11.2. The Labute approximate surface area is 118 Å². The lowest BCUT2D eigenvalue weighted by Crippen LogP contribution is -2.21. The first kappa shape index (κ1) is 12.7. The first-order chi connectivity index (χ1) is 9.86. The van der Waals surface area contributed by atoms with E-state index in [4.69, 9.17) is 0 Å². The van der Waals surface area contributed by atoms with Crippen molar-refractivity contribution in [1.82, 2.24) is 9.88 Å². The molecule has 1 amide bonds. The fourth-order valence-corrected chi connectivity index (χ4v) is 2.62. The van der Waals surface area contributed by atoms with Gasteiger partial charge in [0.2, 0.25) is 6.41 Å². The van der Waals surface area contributed by atoms with Crippen LogP contribution >= 0.6 is 0 Å². The van der Waals surface area contributed by atoms with Crippen molar-refractivity contribution in [2.45, 2.75) is 18.9 Å². The normalized spacial score (nSPS) is 18.0. The van der Waals surface area contributed by atoms with Crippen LogP contribution in [-0.2, 0) is 4.79 Å². The molecule has 0 radical (unpaired) electrons. The van der Waals surface area contributed by atoms with Gasteiger partial charge in [0, 0.05) is 18.4 Å². The van der Waals surface area contributed by atoms with Gasteiger partial charge in [-0.1, -0.05) is 24.3 Å². The number of aromatic nitrogens is 1. The second kappa shape index (κ2) is 5.74. The van der Waals surface area contributed by atoms with Gasteiger partial charge < -0.3 is 10.2 Å². The largest absolute Gasteiger partial charge is 0.340 e. The van der Waals surface area contributed by atoms with Crippen LogP contribution in [0.5, 0.6) is 0 Å². The zero-order chi connectivity index (χ0) is 13.8. The Morgan fingerprint density at radius 2 is 2.05 bits per heavy atom. The minimum absolute atomic E-state index is 0.186. The number of carbonyl (C=O) groups excluding carboxylic acids is 1. The summed E-state index contributed by atoms with van der Waals surface area (Å²) in [6, 6.07) is 14.1. The van der Waals surface area contributed by atoms with Gasteiger partial charge in [-0.05, 0) is 36.6 Å². The standard InChI is InChI=1S/C16H17N3O/c20-12-19-10-4-7-15(19)13-8-9-16(17-11-13)18-14-5-2-1-3-6-14/h1-3,5-6,8-9,11-12,15H,4,7,10H2,(H,17,18). The highest BCUT2D eigenvalue weighted by Crippen LogP contribution is 2.30. The lowest BCUT2D eigenvalue weighted by atomic mass is 10.1. The molecule has 20 heavy (non-hydrogen) atoms. The Bertz CT molecular complexity index is 568. The molecule has 1 aliphatic rings. The van der Waals surface area contributed by atoms with Crippen molar-refractivity contribution in [2.24, 2.45) is 0 Å². The van der Waals surface area contributed by atoms with Crippen LogP contribution in [-0.4, -0.2) is 22.8 Å². The number of nitrogens with zero attached hydrogens (tertiary/aromatic N) is 2. The fraction of sp³-hybridized carbons (Fsp3) is 0.250. The smallest absolute Gasteiger partial charge is 0.210 e. The van der Waals surface area contributed by atoms with Gasteiger partial charge in [0.25, 0.3) is 0 Å². The molecule has 3 rings (SSSR count). The predicted molar refractivity (Wildman–Crippen MR) is 78.7 cm³/mol. The molecule has 0 bridgehead atoms. The third kappa shape index (κ3) is 2.64. The van der Waals surface area contributed by atoms with Crippen LogP contribution in [0, 0.1) is 0 Å². The quantitative estimate of drug-likeness (QED) is 0.866. The van der Waals surface area contributed by atoms with E-state index in [9.17, 15) is 4.79 Å². The number of anilines is 2. The minimum atomic E-state index is 0.186. The molecule has 1 aliphatic heterocycles. The van der Waals surface area contributed by atoms with Crippen LogP contribution in [0.25, 0.3) is 0 Å². The molecular formula is C16H17N3O. The third-order valence-corrected chi connectivity index (χ3v) is 3.65. The molecule has 2 heterocycles. The Hall–Kier alpha value is -2.36. The topological polar surface area (TPSA) is 45.2 Å². The Morgan fingerprint density at radius 1 is 1.20 bits per heavy atom. The molecule has 1 N–H and O–H groups in total. The summed E-state index contributed by atoms with van der Waals surface area (Å²) < 4.78 is 0. The van der Waals surface area contributed by atoms with Crippen molar-refractivity contribution < 1.29 is 4.79 Å². The molecule has 1 unspecified atom stereocenters. The first-order valence-electron chi connectivity index (χ1n) is 6.86. The molecule has 4 heteroatoms. The predicted octanol–water partition coefficient (Wildman–Crippen LogP) is 3.12. The molecule has 0 saturated carbocycles. The average Bonchev–Trinajstić information content (AvgIpc) is 2.98. The number of pyridine rings is 1. The molecule has 0 aliphatic carbocycles. The van der Waals surface area contributed by atoms with Gasteiger partial charge >= 0.3 is 0 Å². The number of rotatable bonds is 4. The Morgan fingerprint density at radius 3 is 2.75 bits per heavy atom.